The molecule has 0 radical (unpaired) electrons. The molecule has 6 heteroatoms. The van der Waals surface area contributed by atoms with Crippen molar-refractivity contribution < 1.29 is 9.53 Å². The van der Waals surface area contributed by atoms with Crippen molar-refractivity contribution in [3.8, 4) is 5.75 Å². The normalized spacial score (nSPS) is 10.5. The van der Waals surface area contributed by atoms with E-state index >= 15 is 0 Å². The monoisotopic (exact) mass is 335 g/mol. The highest BCUT2D eigenvalue weighted by molar-refractivity contribution is 6.30. The molecule has 1 amide bonds. The van der Waals surface area contributed by atoms with Gasteiger partial charge in [0.1, 0.15) is 11.4 Å². The molecule has 0 saturated heterocycles. The molecule has 0 aliphatic heterocycles. The van der Waals surface area contributed by atoms with Crippen LogP contribution in [0.15, 0.2) is 36.5 Å². The van der Waals surface area contributed by atoms with Gasteiger partial charge in [-0.15, -0.1) is 0 Å². The van der Waals surface area contributed by atoms with E-state index in [1.54, 1.807) is 29.1 Å². The first-order valence-electron chi connectivity index (χ1n) is 7.89. The number of aromatic nitrogens is 2. The lowest BCUT2D eigenvalue weighted by Gasteiger charge is -2.06. The molecular weight excluding hydrogens is 314 g/mol. The molecule has 1 aromatic carbocycles. The van der Waals surface area contributed by atoms with Crippen LogP contribution in [0.1, 0.15) is 43.1 Å². The van der Waals surface area contributed by atoms with Crippen LogP contribution in [-0.4, -0.2) is 22.2 Å². The number of nitrogens with zero attached hydrogens (tertiary/aromatic N) is 2. The first-order chi connectivity index (χ1) is 11.2. The Balaban J connectivity index is 1.77. The Morgan fingerprint density at radius 2 is 2.17 bits per heavy atom. The molecule has 1 heterocycles. The summed E-state index contributed by atoms with van der Waals surface area (Å²) in [6, 6.07) is 8.83. The van der Waals surface area contributed by atoms with Crippen molar-refractivity contribution in [3.05, 3.63) is 47.2 Å². The summed E-state index contributed by atoms with van der Waals surface area (Å²) in [6.07, 6.45) is 6.24. The smallest absolute Gasteiger partial charge is 0.271 e. The van der Waals surface area contributed by atoms with Crippen LogP contribution in [0.3, 0.4) is 0 Å². The van der Waals surface area contributed by atoms with Crippen molar-refractivity contribution in [1.29, 1.82) is 0 Å². The third-order valence-corrected chi connectivity index (χ3v) is 3.58. The van der Waals surface area contributed by atoms with Crippen LogP contribution in [0.5, 0.6) is 5.75 Å². The predicted molar refractivity (Wildman–Crippen MR) is 90.8 cm³/mol. The van der Waals surface area contributed by atoms with E-state index in [0.29, 0.717) is 23.0 Å². The lowest BCUT2D eigenvalue weighted by Crippen LogP contribution is -2.25. The van der Waals surface area contributed by atoms with Gasteiger partial charge >= 0.3 is 0 Å². The number of benzene rings is 1. The second kappa shape index (κ2) is 9.20. The molecular formula is C17H22ClN3O2. The minimum atomic E-state index is -0.150. The van der Waals surface area contributed by atoms with Gasteiger partial charge in [0.15, 0.2) is 6.73 Å². The number of hydrogen-bond acceptors (Lipinski definition) is 3. The lowest BCUT2D eigenvalue weighted by molar-refractivity contribution is 0.0946. The largest absolute Gasteiger partial charge is 0.471 e. The third kappa shape index (κ3) is 5.94. The number of halogens is 1. The molecule has 1 N–H and O–H groups in total. The minimum Gasteiger partial charge on any atom is -0.471 e. The van der Waals surface area contributed by atoms with Gasteiger partial charge in [0.25, 0.3) is 5.91 Å². The van der Waals surface area contributed by atoms with Crippen molar-refractivity contribution in [1.82, 2.24) is 15.1 Å². The number of carbonyl (C=O) groups excluding carboxylic acids is 1. The maximum Gasteiger partial charge on any atom is 0.271 e. The molecule has 5 nitrogen and oxygen atoms in total. The van der Waals surface area contributed by atoms with Gasteiger partial charge in [0.2, 0.25) is 0 Å². The average Bonchev–Trinajstić information content (AvgIpc) is 3.02. The fourth-order valence-electron chi connectivity index (χ4n) is 2.10. The van der Waals surface area contributed by atoms with Crippen molar-refractivity contribution in [2.24, 2.45) is 0 Å². The fraction of sp³-hybridized carbons (Fsp3) is 0.412. The summed E-state index contributed by atoms with van der Waals surface area (Å²) in [5.74, 6) is 0.512. The van der Waals surface area contributed by atoms with Gasteiger partial charge < -0.3 is 10.1 Å². The van der Waals surface area contributed by atoms with E-state index in [0.717, 1.165) is 12.8 Å². The summed E-state index contributed by atoms with van der Waals surface area (Å²) in [5, 5.41) is 7.71. The molecule has 23 heavy (non-hydrogen) atoms. The zero-order valence-corrected chi connectivity index (χ0v) is 14.1. The van der Waals surface area contributed by atoms with Gasteiger partial charge in [0.05, 0.1) is 0 Å². The van der Waals surface area contributed by atoms with E-state index in [1.807, 2.05) is 12.1 Å². The number of rotatable bonds is 9. The average molecular weight is 336 g/mol. The molecule has 2 rings (SSSR count). The summed E-state index contributed by atoms with van der Waals surface area (Å²) >= 11 is 5.90. The second-order valence-corrected chi connectivity index (χ2v) is 5.72. The summed E-state index contributed by atoms with van der Waals surface area (Å²) in [6.45, 7) is 3.07. The van der Waals surface area contributed by atoms with E-state index in [-0.39, 0.29) is 12.6 Å². The summed E-state index contributed by atoms with van der Waals surface area (Å²) in [5.41, 5.74) is 0.398. The molecule has 0 spiro atoms. The van der Waals surface area contributed by atoms with Crippen LogP contribution < -0.4 is 10.1 Å². The van der Waals surface area contributed by atoms with Crippen LogP contribution >= 0.6 is 11.6 Å². The van der Waals surface area contributed by atoms with Crippen molar-refractivity contribution >= 4 is 17.5 Å². The van der Waals surface area contributed by atoms with Gasteiger partial charge in [-0.25, -0.2) is 4.68 Å². The molecule has 0 aliphatic carbocycles. The third-order valence-electron chi connectivity index (χ3n) is 3.35. The van der Waals surface area contributed by atoms with Crippen molar-refractivity contribution in [3.63, 3.8) is 0 Å². The maximum atomic E-state index is 12.0. The molecule has 0 bridgehead atoms. The molecule has 0 aliphatic rings. The number of nitrogens with one attached hydrogen (secondary N) is 1. The number of hydrogen-bond donors (Lipinski definition) is 1. The highest BCUT2D eigenvalue weighted by atomic mass is 35.5. The number of amides is 1. The summed E-state index contributed by atoms with van der Waals surface area (Å²) in [7, 11) is 0. The van der Waals surface area contributed by atoms with Crippen molar-refractivity contribution in [2.75, 3.05) is 6.54 Å². The fourth-order valence-corrected chi connectivity index (χ4v) is 2.28. The zero-order valence-electron chi connectivity index (χ0n) is 13.3. The Hall–Kier alpha value is -2.01. The topological polar surface area (TPSA) is 56.2 Å². The Morgan fingerprint density at radius 1 is 1.30 bits per heavy atom. The van der Waals surface area contributed by atoms with E-state index in [1.165, 1.54) is 12.8 Å². The predicted octanol–water partition coefficient (Wildman–Crippen LogP) is 3.88. The molecule has 0 saturated carbocycles. The van der Waals surface area contributed by atoms with Gasteiger partial charge in [-0.05, 0) is 30.7 Å². The number of carbonyl (C=O) groups is 1. The quantitative estimate of drug-likeness (QED) is 0.707. The maximum absolute atomic E-state index is 12.0. The van der Waals surface area contributed by atoms with Gasteiger partial charge in [-0.1, -0.05) is 43.9 Å². The van der Waals surface area contributed by atoms with E-state index in [2.05, 4.69) is 17.3 Å². The van der Waals surface area contributed by atoms with Crippen LogP contribution in [0, 0.1) is 0 Å². The summed E-state index contributed by atoms with van der Waals surface area (Å²) < 4.78 is 7.15. The second-order valence-electron chi connectivity index (χ2n) is 5.29. The Bertz CT molecular complexity index is 628. The Kier molecular flexibility index (Phi) is 6.94. The number of unbranched alkanes of at least 4 members (excludes halogenated alkanes) is 3. The highest BCUT2D eigenvalue weighted by Gasteiger charge is 2.08. The standard InChI is InChI=1S/C17H22ClN3O2/c1-2-3-4-5-10-19-17(22)16-9-11-21(20-16)13-23-15-8-6-7-14(18)12-15/h6-9,11-12H,2-5,10,13H2,1H3,(H,19,22). The van der Waals surface area contributed by atoms with E-state index < -0.39 is 0 Å². The van der Waals surface area contributed by atoms with Gasteiger partial charge in [-0.2, -0.15) is 5.10 Å². The van der Waals surface area contributed by atoms with Crippen LogP contribution in [-0.2, 0) is 6.73 Å². The Morgan fingerprint density at radius 3 is 2.96 bits per heavy atom. The van der Waals surface area contributed by atoms with Gasteiger partial charge in [-0.3, -0.25) is 4.79 Å². The first kappa shape index (κ1) is 17.3. The highest BCUT2D eigenvalue weighted by Crippen LogP contribution is 2.17. The Labute approximate surface area is 141 Å². The molecule has 124 valence electrons. The van der Waals surface area contributed by atoms with Crippen LogP contribution in [0.25, 0.3) is 0 Å². The van der Waals surface area contributed by atoms with Crippen LogP contribution in [0.2, 0.25) is 5.02 Å². The molecule has 0 fully saturated rings. The van der Waals surface area contributed by atoms with E-state index in [9.17, 15) is 4.79 Å². The molecule has 0 unspecified atom stereocenters. The molecule has 2 aromatic rings. The van der Waals surface area contributed by atoms with E-state index in [4.69, 9.17) is 16.3 Å². The first-order valence-corrected chi connectivity index (χ1v) is 8.27. The van der Waals surface area contributed by atoms with Crippen molar-refractivity contribution in [2.45, 2.75) is 39.3 Å². The van der Waals surface area contributed by atoms with Crippen LogP contribution in [0.4, 0.5) is 0 Å². The molecule has 1 aromatic heterocycles. The zero-order chi connectivity index (χ0) is 16.5. The SMILES string of the molecule is CCCCCCNC(=O)c1ccn(COc2cccc(Cl)c2)n1. The molecule has 0 atom stereocenters. The van der Waals surface area contributed by atoms with Gasteiger partial charge in [0, 0.05) is 17.8 Å². The minimum absolute atomic E-state index is 0.150. The number of ether oxygens (including phenoxy) is 1. The lowest BCUT2D eigenvalue weighted by atomic mass is 10.2. The summed E-state index contributed by atoms with van der Waals surface area (Å²) in [4.78, 5) is 12.0.